The van der Waals surface area contributed by atoms with Crippen LogP contribution in [0.4, 0.5) is 10.1 Å². The molecule has 0 saturated carbocycles. The second kappa shape index (κ2) is 5.98. The van der Waals surface area contributed by atoms with E-state index in [4.69, 9.17) is 0 Å². The molecule has 0 spiro atoms. The number of anilines is 1. The normalized spacial score (nSPS) is 13.7. The third-order valence-corrected chi connectivity index (χ3v) is 3.61. The lowest BCUT2D eigenvalue weighted by Crippen LogP contribution is -2.41. The fourth-order valence-electron chi connectivity index (χ4n) is 2.05. The number of carbonyl (C=O) groups is 1. The molecule has 9 heteroatoms. The van der Waals surface area contributed by atoms with Crippen molar-refractivity contribution in [1.29, 1.82) is 0 Å². The molecule has 2 atom stereocenters. The van der Waals surface area contributed by atoms with Crippen molar-refractivity contribution in [3.8, 4) is 0 Å². The number of nitrogens with zero attached hydrogens (tertiary/aromatic N) is 4. The van der Waals surface area contributed by atoms with Gasteiger partial charge in [0.15, 0.2) is 11.2 Å². The summed E-state index contributed by atoms with van der Waals surface area (Å²) in [5.74, 6) is -1.20. The highest BCUT2D eigenvalue weighted by Gasteiger charge is 2.31. The fraction of sp³-hybridized carbons (Fsp3) is 0.143. The quantitative estimate of drug-likeness (QED) is 0.699. The summed E-state index contributed by atoms with van der Waals surface area (Å²) in [7, 11) is 2.05. The monoisotopic (exact) mass is 333 g/mol. The Morgan fingerprint density at radius 3 is 3.00 bits per heavy atom. The van der Waals surface area contributed by atoms with E-state index in [0.717, 1.165) is 28.0 Å². The summed E-state index contributed by atoms with van der Waals surface area (Å²) in [4.78, 5) is 20.2. The van der Waals surface area contributed by atoms with E-state index in [9.17, 15) is 14.3 Å². The van der Waals surface area contributed by atoms with Crippen LogP contribution in [0, 0.1) is 5.82 Å². The van der Waals surface area contributed by atoms with Gasteiger partial charge in [0.25, 0.3) is 5.91 Å². The third-order valence-electron chi connectivity index (χ3n) is 3.16. The Balaban J connectivity index is 1.76. The molecule has 7 nitrogen and oxygen atoms in total. The number of carbonyl (C=O) groups excluding carboxylic acids is 1. The van der Waals surface area contributed by atoms with E-state index >= 15 is 0 Å². The molecule has 0 radical (unpaired) electrons. The Morgan fingerprint density at radius 2 is 2.26 bits per heavy atom. The number of hydrogen-bond donors (Lipinski definition) is 2. The molecule has 2 N–H and O–H groups in total. The SMILES string of the molecule is O=C(Nc1ccc2ncncc2c1)C(O)(P)Cn1cc(F)cn1. The number of aliphatic hydroxyl groups is 1. The number of benzene rings is 1. The zero-order valence-electron chi connectivity index (χ0n) is 11.8. The largest absolute Gasteiger partial charge is 0.374 e. The van der Waals surface area contributed by atoms with Gasteiger partial charge in [-0.1, -0.05) is 9.24 Å². The maximum atomic E-state index is 12.9. The van der Waals surface area contributed by atoms with Gasteiger partial charge in [-0.25, -0.2) is 14.4 Å². The van der Waals surface area contributed by atoms with Crippen molar-refractivity contribution in [3.05, 3.63) is 48.9 Å². The van der Waals surface area contributed by atoms with E-state index in [1.54, 1.807) is 24.4 Å². The van der Waals surface area contributed by atoms with Gasteiger partial charge in [-0.3, -0.25) is 9.48 Å². The van der Waals surface area contributed by atoms with Crippen LogP contribution in [0.25, 0.3) is 10.9 Å². The minimum absolute atomic E-state index is 0.204. The number of halogens is 1. The van der Waals surface area contributed by atoms with Crippen LogP contribution in [0.15, 0.2) is 43.1 Å². The number of aromatic nitrogens is 4. The zero-order chi connectivity index (χ0) is 16.4. The highest BCUT2D eigenvalue weighted by molar-refractivity contribution is 7.20. The number of amides is 1. The topological polar surface area (TPSA) is 92.9 Å². The number of rotatable bonds is 4. The highest BCUT2D eigenvalue weighted by Crippen LogP contribution is 2.22. The molecule has 0 saturated heterocycles. The molecular weight excluding hydrogens is 320 g/mol. The number of nitrogens with one attached hydrogen (secondary N) is 1. The molecule has 0 fully saturated rings. The zero-order valence-corrected chi connectivity index (χ0v) is 13.0. The molecule has 2 aromatic heterocycles. The van der Waals surface area contributed by atoms with Crippen molar-refractivity contribution in [2.45, 2.75) is 11.9 Å². The Bertz CT molecular complexity index is 867. The Kier molecular flexibility index (Phi) is 4.02. The summed E-state index contributed by atoms with van der Waals surface area (Å²) in [6, 6.07) is 5.10. The molecule has 0 aliphatic rings. The van der Waals surface area contributed by atoms with Crippen molar-refractivity contribution in [2.75, 3.05) is 5.32 Å². The van der Waals surface area contributed by atoms with Gasteiger partial charge in [0.05, 0.1) is 24.5 Å². The van der Waals surface area contributed by atoms with Crippen molar-refractivity contribution in [1.82, 2.24) is 19.7 Å². The lowest BCUT2D eigenvalue weighted by molar-refractivity contribution is -0.127. The first-order valence-electron chi connectivity index (χ1n) is 6.64. The third kappa shape index (κ3) is 3.49. The molecule has 1 aromatic carbocycles. The number of fused-ring (bicyclic) bond motifs is 1. The van der Waals surface area contributed by atoms with Gasteiger partial charge in [-0.2, -0.15) is 5.10 Å². The second-order valence-corrected chi connectivity index (χ2v) is 5.99. The minimum atomic E-state index is -1.83. The van der Waals surface area contributed by atoms with Crippen molar-refractivity contribution in [3.63, 3.8) is 0 Å². The lowest BCUT2D eigenvalue weighted by atomic mass is 10.2. The lowest BCUT2D eigenvalue weighted by Gasteiger charge is -2.22. The first-order valence-corrected chi connectivity index (χ1v) is 7.22. The summed E-state index contributed by atoms with van der Waals surface area (Å²) < 4.78 is 14.1. The van der Waals surface area contributed by atoms with Crippen LogP contribution >= 0.6 is 9.24 Å². The van der Waals surface area contributed by atoms with E-state index in [1.165, 1.54) is 6.33 Å². The molecule has 2 heterocycles. The second-order valence-electron chi connectivity index (χ2n) is 5.03. The Morgan fingerprint density at radius 1 is 1.43 bits per heavy atom. The van der Waals surface area contributed by atoms with Crippen molar-refractivity contribution in [2.24, 2.45) is 0 Å². The van der Waals surface area contributed by atoms with Crippen LogP contribution < -0.4 is 5.32 Å². The highest BCUT2D eigenvalue weighted by atomic mass is 31.0. The van der Waals surface area contributed by atoms with E-state index in [2.05, 4.69) is 20.4 Å². The maximum absolute atomic E-state index is 12.9. The molecule has 0 aliphatic carbocycles. The van der Waals surface area contributed by atoms with Gasteiger partial charge in [-0.15, -0.1) is 0 Å². The molecule has 0 aliphatic heterocycles. The molecule has 3 aromatic rings. The van der Waals surface area contributed by atoms with Crippen molar-refractivity contribution < 1.29 is 14.3 Å². The smallest absolute Gasteiger partial charge is 0.262 e. The summed E-state index contributed by atoms with van der Waals surface area (Å²) in [6.45, 7) is -0.204. The molecular formula is C14H13FN5O2P. The summed E-state index contributed by atoms with van der Waals surface area (Å²) >= 11 is 0. The molecule has 3 rings (SSSR count). The van der Waals surface area contributed by atoms with Gasteiger partial charge in [-0.05, 0) is 18.2 Å². The maximum Gasteiger partial charge on any atom is 0.262 e. The predicted molar refractivity (Wildman–Crippen MR) is 85.0 cm³/mol. The van der Waals surface area contributed by atoms with Gasteiger partial charge in [0.1, 0.15) is 6.33 Å². The van der Waals surface area contributed by atoms with Crippen LogP contribution in [0.2, 0.25) is 0 Å². The summed E-state index contributed by atoms with van der Waals surface area (Å²) in [6.07, 6.45) is 5.15. The summed E-state index contributed by atoms with van der Waals surface area (Å²) in [5, 5.41) is 15.5. The fourth-order valence-corrected chi connectivity index (χ4v) is 2.30. The van der Waals surface area contributed by atoms with Gasteiger partial charge in [0.2, 0.25) is 0 Å². The van der Waals surface area contributed by atoms with Crippen LogP contribution in [-0.4, -0.2) is 36.1 Å². The molecule has 2 unspecified atom stereocenters. The average Bonchev–Trinajstić information content (AvgIpc) is 2.91. The first-order chi connectivity index (χ1) is 10.9. The van der Waals surface area contributed by atoms with Crippen molar-refractivity contribution >= 4 is 31.7 Å². The Labute approximate surface area is 132 Å². The van der Waals surface area contributed by atoms with E-state index in [-0.39, 0.29) is 6.54 Å². The predicted octanol–water partition coefficient (Wildman–Crippen LogP) is 1.17. The van der Waals surface area contributed by atoms with Gasteiger partial charge >= 0.3 is 0 Å². The average molecular weight is 333 g/mol. The molecule has 23 heavy (non-hydrogen) atoms. The van der Waals surface area contributed by atoms with E-state index < -0.39 is 17.1 Å². The first kappa shape index (κ1) is 15.5. The van der Waals surface area contributed by atoms with Crippen LogP contribution in [0.5, 0.6) is 0 Å². The molecule has 118 valence electrons. The van der Waals surface area contributed by atoms with E-state index in [0.29, 0.717) is 5.69 Å². The van der Waals surface area contributed by atoms with Crippen LogP contribution in [0.1, 0.15) is 0 Å². The number of hydrogen-bond acceptors (Lipinski definition) is 5. The standard InChI is InChI=1S/C14H13FN5O2P/c15-10-5-18-20(6-10)7-14(22,23)13(21)19-11-1-2-12-9(3-11)4-16-8-17-12/h1-6,8,22H,7,23H2,(H,19,21). The summed E-state index contributed by atoms with van der Waals surface area (Å²) in [5.41, 5.74) is 1.23. The molecule has 1 amide bonds. The van der Waals surface area contributed by atoms with Crippen LogP contribution in [0.3, 0.4) is 0 Å². The van der Waals surface area contributed by atoms with Crippen LogP contribution in [-0.2, 0) is 11.3 Å². The van der Waals surface area contributed by atoms with E-state index in [1.807, 2.05) is 9.24 Å². The van der Waals surface area contributed by atoms with Gasteiger partial charge < -0.3 is 10.4 Å². The minimum Gasteiger partial charge on any atom is -0.374 e. The van der Waals surface area contributed by atoms with Gasteiger partial charge in [0, 0.05) is 17.3 Å². The molecule has 0 bridgehead atoms. The Hall–Kier alpha value is -2.44.